The van der Waals surface area contributed by atoms with Gasteiger partial charge in [0.25, 0.3) is 15.9 Å². The zero-order chi connectivity index (χ0) is 50.3. The number of benzene rings is 4. The van der Waals surface area contributed by atoms with Crippen LogP contribution in [-0.4, -0.2) is 89.2 Å². The number of rotatable bonds is 16. The second kappa shape index (κ2) is 24.5. The van der Waals surface area contributed by atoms with Gasteiger partial charge in [-0.25, -0.2) is 13.4 Å². The highest BCUT2D eigenvalue weighted by Crippen LogP contribution is 2.35. The molecule has 4 heterocycles. The maximum absolute atomic E-state index is 12.7. The van der Waals surface area contributed by atoms with Crippen LogP contribution in [0.3, 0.4) is 0 Å². The third-order valence-electron chi connectivity index (χ3n) is 10.6. The van der Waals surface area contributed by atoms with Crippen molar-refractivity contribution in [2.24, 2.45) is 0 Å². The Hall–Kier alpha value is -6.97. The van der Waals surface area contributed by atoms with E-state index in [0.29, 0.717) is 29.9 Å². The number of nitrogens with one attached hydrogen (secondary N) is 3. The lowest BCUT2D eigenvalue weighted by molar-refractivity contribution is -0.137. The van der Waals surface area contributed by atoms with Crippen molar-refractivity contribution < 1.29 is 50.3 Å². The Morgan fingerprint density at radius 3 is 2.29 bits per heavy atom. The number of fused-ring (bicyclic) bond motifs is 2. The first-order chi connectivity index (χ1) is 33.6. The number of para-hydroxylation sites is 2. The van der Waals surface area contributed by atoms with Gasteiger partial charge >= 0.3 is 11.3 Å². The Morgan fingerprint density at radius 2 is 1.60 bits per heavy atom. The molecule has 3 aromatic heterocycles. The predicted molar refractivity (Wildman–Crippen MR) is 261 cm³/mol. The summed E-state index contributed by atoms with van der Waals surface area (Å²) >= 11 is -1.30. The summed E-state index contributed by atoms with van der Waals surface area (Å²) in [6, 6.07) is 34.8. The van der Waals surface area contributed by atoms with E-state index in [9.17, 15) is 36.0 Å². The third-order valence-corrected chi connectivity index (χ3v) is 13.6. The lowest BCUT2D eigenvalue weighted by Gasteiger charge is -2.28. The molecule has 0 bridgehead atoms. The quantitative estimate of drug-likeness (QED) is 0.0529. The Bertz CT molecular complexity index is 2910. The molecule has 4 N–H and O–H groups in total. The molecule has 1 amide bonds. The maximum Gasteiger partial charge on any atom is 0.416 e. The van der Waals surface area contributed by atoms with Crippen LogP contribution in [-0.2, 0) is 42.7 Å². The molecule has 0 saturated carbocycles. The SMILES string of the molecule is CN1C(C(=O)Nc2ccccn2)=C(O)c2ccccc2S1(=O)=O.CNCCC(Oc1ccc(C(F)(F)F)cc1)c1ccccc1.COCCCOc1ccnc(C[S+]([O-])c2nc3ccccc3[nH]2)c1C. The number of H-pyrrole nitrogens is 1. The van der Waals surface area contributed by atoms with Crippen molar-refractivity contribution in [3.05, 3.63) is 173 Å². The summed E-state index contributed by atoms with van der Waals surface area (Å²) in [4.78, 5) is 28.2. The number of aromatic amines is 1. The Kier molecular flexibility index (Phi) is 18.4. The first-order valence-corrected chi connectivity index (χ1v) is 24.5. The van der Waals surface area contributed by atoms with Gasteiger partial charge in [-0.1, -0.05) is 60.7 Å². The predicted octanol–water partition coefficient (Wildman–Crippen LogP) is 9.01. The van der Waals surface area contributed by atoms with Gasteiger partial charge in [-0.3, -0.25) is 19.1 Å². The highest BCUT2D eigenvalue weighted by Gasteiger charge is 2.38. The van der Waals surface area contributed by atoms with E-state index >= 15 is 0 Å². The van der Waals surface area contributed by atoms with Gasteiger partial charge in [-0.15, -0.1) is 0 Å². The maximum atomic E-state index is 12.7. The molecule has 20 heteroatoms. The van der Waals surface area contributed by atoms with E-state index in [1.807, 2.05) is 74.6 Å². The summed E-state index contributed by atoms with van der Waals surface area (Å²) in [5.74, 6) is 0.581. The minimum absolute atomic E-state index is 0.0469. The molecule has 8 rings (SSSR count). The van der Waals surface area contributed by atoms with Gasteiger partial charge in [0.05, 0.1) is 33.8 Å². The Morgan fingerprint density at radius 1 is 0.900 bits per heavy atom. The number of halogens is 3. The number of hydrogen-bond acceptors (Lipinski definition) is 12. The van der Waals surface area contributed by atoms with Crippen LogP contribution in [0.2, 0.25) is 0 Å². The zero-order valence-corrected chi connectivity index (χ0v) is 40.3. The van der Waals surface area contributed by atoms with Gasteiger partial charge in [0.1, 0.15) is 23.4 Å². The van der Waals surface area contributed by atoms with Crippen LogP contribution in [0.15, 0.2) is 156 Å². The molecule has 15 nitrogen and oxygen atoms in total. The van der Waals surface area contributed by atoms with E-state index in [2.05, 4.69) is 30.6 Å². The van der Waals surface area contributed by atoms with Crippen LogP contribution >= 0.6 is 0 Å². The van der Waals surface area contributed by atoms with Gasteiger partial charge < -0.3 is 34.5 Å². The van der Waals surface area contributed by atoms with Crippen LogP contribution in [0.1, 0.15) is 46.9 Å². The fraction of sp³-hybridized carbons (Fsp3) is 0.240. The lowest BCUT2D eigenvalue weighted by atomic mass is 10.1. The van der Waals surface area contributed by atoms with Gasteiger partial charge in [-0.2, -0.15) is 18.2 Å². The molecule has 70 heavy (non-hydrogen) atoms. The number of sulfonamides is 1. The molecule has 1 aliphatic heterocycles. The summed E-state index contributed by atoms with van der Waals surface area (Å²) in [5, 5.41) is 16.4. The average molecular weight is 1000 g/mol. The standard InChI is InChI=1S/C18H21N3O3S.C17H18F3NO.C15H13N3O4S/c1-13-16(19-9-8-17(13)24-11-5-10-23-2)12-25(22)18-20-14-6-3-4-7-15(14)21-18;1-21-12-11-16(13-5-3-2-4-6-13)22-15-9-7-14(8-10-15)17(18,19)20;1-18-13(15(20)17-12-8-4-5-9-16-12)14(19)10-6-2-3-7-11(10)23(18,21)22/h3-4,6-9H,5,10-12H2,1-2H3,(H,20,21);2-10,16,21H,11-12H2,1H3;2-9,19H,1H3,(H,16,17,20). The van der Waals surface area contributed by atoms with Crippen molar-refractivity contribution in [2.45, 2.75) is 47.9 Å². The Balaban J connectivity index is 0.000000173. The first-order valence-electron chi connectivity index (χ1n) is 21.8. The fourth-order valence-electron chi connectivity index (χ4n) is 6.89. The molecule has 0 saturated heterocycles. The number of methoxy groups -OCH3 is 1. The van der Waals surface area contributed by atoms with Crippen molar-refractivity contribution in [3.8, 4) is 11.5 Å². The first kappa shape index (κ1) is 52.4. The number of hydrogen-bond donors (Lipinski definition) is 4. The molecule has 368 valence electrons. The number of carbonyl (C=O) groups is 1. The molecule has 4 aromatic carbocycles. The molecule has 1 aliphatic rings. The van der Waals surface area contributed by atoms with Gasteiger partial charge in [0.15, 0.2) is 17.2 Å². The van der Waals surface area contributed by atoms with Crippen molar-refractivity contribution in [2.75, 3.05) is 46.3 Å². The highest BCUT2D eigenvalue weighted by molar-refractivity contribution is 7.90. The van der Waals surface area contributed by atoms with Crippen LogP contribution < -0.4 is 20.1 Å². The average Bonchev–Trinajstić information content (AvgIpc) is 3.81. The van der Waals surface area contributed by atoms with E-state index in [0.717, 1.165) is 69.4 Å². The summed E-state index contributed by atoms with van der Waals surface area (Å²) < 4.78 is 92.8. The number of anilines is 1. The van der Waals surface area contributed by atoms with E-state index in [1.54, 1.807) is 43.6 Å². The lowest BCUT2D eigenvalue weighted by Crippen LogP contribution is -2.37. The highest BCUT2D eigenvalue weighted by atomic mass is 32.2. The number of aromatic nitrogens is 4. The largest absolute Gasteiger partial charge is 0.609 e. The minimum Gasteiger partial charge on any atom is -0.609 e. The molecule has 0 fully saturated rings. The second-order valence-corrected chi connectivity index (χ2v) is 18.7. The molecule has 0 aliphatic carbocycles. The minimum atomic E-state index is -4.33. The number of carbonyl (C=O) groups excluding carboxylic acids is 1. The fourth-order valence-corrected chi connectivity index (χ4v) is 9.39. The van der Waals surface area contributed by atoms with Crippen molar-refractivity contribution in [3.63, 3.8) is 0 Å². The summed E-state index contributed by atoms with van der Waals surface area (Å²) in [5.41, 5.74) is 3.42. The van der Waals surface area contributed by atoms with E-state index < -0.39 is 44.6 Å². The van der Waals surface area contributed by atoms with Gasteiger partial charge in [-0.05, 0) is 92.8 Å². The van der Waals surface area contributed by atoms with Crippen LogP contribution in [0, 0.1) is 6.92 Å². The summed E-state index contributed by atoms with van der Waals surface area (Å²) in [7, 11) is 0.828. The van der Waals surface area contributed by atoms with Crippen LogP contribution in [0.5, 0.6) is 11.5 Å². The Labute approximate surface area is 407 Å². The number of imidazole rings is 1. The van der Waals surface area contributed by atoms with E-state index in [-0.39, 0.29) is 28.1 Å². The molecular weight excluding hydrogens is 948 g/mol. The topological polar surface area (TPSA) is 204 Å². The molecule has 7 aromatic rings. The number of nitrogens with zero attached hydrogens (tertiary/aromatic N) is 4. The normalized spacial score (nSPS) is 13.7. The number of aliphatic hydroxyl groups excluding tert-OH is 1. The molecule has 0 spiro atoms. The van der Waals surface area contributed by atoms with Crippen LogP contribution in [0.25, 0.3) is 16.8 Å². The smallest absolute Gasteiger partial charge is 0.416 e. The molecular formula is C50H52F3N7O8S2. The monoisotopic (exact) mass is 999 g/mol. The van der Waals surface area contributed by atoms with Crippen LogP contribution in [0.4, 0.5) is 19.0 Å². The zero-order valence-electron chi connectivity index (χ0n) is 38.6. The number of alkyl halides is 3. The summed E-state index contributed by atoms with van der Waals surface area (Å²) in [6.45, 7) is 3.92. The number of amides is 1. The van der Waals surface area contributed by atoms with Crippen molar-refractivity contribution in [1.82, 2.24) is 29.6 Å². The summed E-state index contributed by atoms with van der Waals surface area (Å²) in [6.07, 6.45) is 0.179. The molecule has 0 radical (unpaired) electrons. The second-order valence-electron chi connectivity index (χ2n) is 15.4. The number of ether oxygens (including phenoxy) is 3. The van der Waals surface area contributed by atoms with Gasteiger partial charge in [0.2, 0.25) is 0 Å². The van der Waals surface area contributed by atoms with Crippen molar-refractivity contribution in [1.29, 1.82) is 0 Å². The van der Waals surface area contributed by atoms with Gasteiger partial charge in [0, 0.05) is 68.3 Å². The van der Waals surface area contributed by atoms with E-state index in [1.165, 1.54) is 37.5 Å². The van der Waals surface area contributed by atoms with Crippen molar-refractivity contribution >= 4 is 49.7 Å². The molecule has 2 atom stereocenters. The number of aliphatic hydroxyl groups is 1. The number of likely N-dealkylation sites (N-methyl/N-ethyl adjacent to an activating group) is 1. The third kappa shape index (κ3) is 13.6. The molecule has 2 unspecified atom stereocenters. The number of pyridine rings is 2. The van der Waals surface area contributed by atoms with E-state index in [4.69, 9.17) is 14.2 Å².